The Labute approximate surface area is 190 Å². The molecule has 4 N–H and O–H groups in total. The third kappa shape index (κ3) is 5.39. The minimum atomic E-state index is -0.100. The van der Waals surface area contributed by atoms with E-state index in [4.69, 9.17) is 32.0 Å². The second kappa shape index (κ2) is 9.74. The summed E-state index contributed by atoms with van der Waals surface area (Å²) in [5.41, 5.74) is 7.72. The number of nitrogens with two attached hydrogens (primary N) is 1. The fourth-order valence-corrected chi connectivity index (χ4v) is 3.70. The number of anilines is 1. The molecule has 32 heavy (non-hydrogen) atoms. The monoisotopic (exact) mass is 453 g/mol. The third-order valence-electron chi connectivity index (χ3n) is 5.38. The van der Waals surface area contributed by atoms with E-state index in [2.05, 4.69) is 10.5 Å². The number of carbonyl (C=O) groups is 1. The van der Waals surface area contributed by atoms with Crippen molar-refractivity contribution in [2.24, 2.45) is 11.7 Å². The van der Waals surface area contributed by atoms with Crippen LogP contribution in [0.2, 0.25) is 5.02 Å². The summed E-state index contributed by atoms with van der Waals surface area (Å²) in [6, 6.07) is 16.4. The number of nitrogens with one attached hydrogen (secondary N) is 2. The van der Waals surface area contributed by atoms with Crippen LogP contribution in [-0.4, -0.2) is 35.0 Å². The zero-order valence-electron chi connectivity index (χ0n) is 17.4. The molecule has 1 saturated heterocycles. The number of amides is 1. The molecule has 0 radical (unpaired) electrons. The van der Waals surface area contributed by atoms with E-state index < -0.39 is 0 Å². The Morgan fingerprint density at radius 3 is 2.69 bits per heavy atom. The molecule has 1 aromatic heterocycles. The molecule has 9 heteroatoms. The van der Waals surface area contributed by atoms with Crippen molar-refractivity contribution in [1.82, 2.24) is 10.1 Å². The van der Waals surface area contributed by atoms with Crippen LogP contribution in [0.3, 0.4) is 0 Å². The first-order chi connectivity index (χ1) is 15.5. The van der Waals surface area contributed by atoms with Gasteiger partial charge in [-0.3, -0.25) is 10.2 Å². The number of benzene rings is 2. The van der Waals surface area contributed by atoms with Crippen molar-refractivity contribution in [3.05, 3.63) is 65.3 Å². The fourth-order valence-electron chi connectivity index (χ4n) is 3.58. The normalized spacial score (nSPS) is 14.2. The summed E-state index contributed by atoms with van der Waals surface area (Å²) in [6.45, 7) is 1.47. The Bertz CT molecular complexity index is 1090. The molecule has 2 heterocycles. The summed E-state index contributed by atoms with van der Waals surface area (Å²) in [5.74, 6) is 1.18. The molecule has 0 spiro atoms. The number of likely N-dealkylation sites (tertiary alicyclic amines) is 1. The molecule has 0 aliphatic carbocycles. The Balaban J connectivity index is 1.31. The van der Waals surface area contributed by atoms with E-state index in [1.165, 1.54) is 0 Å². The van der Waals surface area contributed by atoms with E-state index in [1.807, 2.05) is 36.4 Å². The van der Waals surface area contributed by atoms with Crippen molar-refractivity contribution in [3.8, 4) is 17.1 Å². The van der Waals surface area contributed by atoms with Crippen molar-refractivity contribution >= 4 is 29.2 Å². The van der Waals surface area contributed by atoms with Gasteiger partial charge in [0.2, 0.25) is 5.91 Å². The third-order valence-corrected chi connectivity index (χ3v) is 5.63. The number of carbonyl (C=O) groups excluding carboxylic acids is 1. The van der Waals surface area contributed by atoms with E-state index >= 15 is 0 Å². The smallest absolute Gasteiger partial charge is 0.227 e. The van der Waals surface area contributed by atoms with E-state index in [-0.39, 0.29) is 24.4 Å². The van der Waals surface area contributed by atoms with E-state index in [0.29, 0.717) is 53.8 Å². The standard InChI is InChI=1S/C23H24ClN5O3/c24-17-6-4-15(5-7-17)21-13-19(28-32-21)14-31-20-3-1-2-18(12-20)27-22(30)16-8-10-29(11-9-16)23(25)26/h1-7,12-13,16H,8-11,14H2,(H3,25,26)(H,27,30). The quantitative estimate of drug-likeness (QED) is 0.381. The fraction of sp³-hybridized carbons (Fsp3) is 0.261. The molecule has 166 valence electrons. The topological polar surface area (TPSA) is 117 Å². The first-order valence-electron chi connectivity index (χ1n) is 10.3. The minimum Gasteiger partial charge on any atom is -0.487 e. The zero-order valence-corrected chi connectivity index (χ0v) is 18.1. The first kappa shape index (κ1) is 21.7. The van der Waals surface area contributed by atoms with Crippen molar-refractivity contribution in [3.63, 3.8) is 0 Å². The number of hydrogen-bond donors (Lipinski definition) is 3. The molecular formula is C23H24ClN5O3. The molecule has 2 aromatic carbocycles. The number of rotatable bonds is 6. The highest BCUT2D eigenvalue weighted by atomic mass is 35.5. The molecule has 8 nitrogen and oxygen atoms in total. The van der Waals surface area contributed by atoms with Gasteiger partial charge < -0.3 is 25.2 Å². The zero-order chi connectivity index (χ0) is 22.5. The molecule has 0 atom stereocenters. The number of guanidine groups is 1. The predicted octanol–water partition coefficient (Wildman–Crippen LogP) is 4.12. The summed E-state index contributed by atoms with van der Waals surface area (Å²) in [6.07, 6.45) is 1.34. The van der Waals surface area contributed by atoms with Gasteiger partial charge >= 0.3 is 0 Å². The molecule has 0 saturated carbocycles. The number of ether oxygens (including phenoxy) is 1. The largest absolute Gasteiger partial charge is 0.487 e. The van der Waals surface area contributed by atoms with Crippen molar-refractivity contribution < 1.29 is 14.1 Å². The van der Waals surface area contributed by atoms with E-state index in [0.717, 1.165) is 5.56 Å². The highest BCUT2D eigenvalue weighted by Gasteiger charge is 2.25. The number of aromatic nitrogens is 1. The van der Waals surface area contributed by atoms with Crippen molar-refractivity contribution in [2.75, 3.05) is 18.4 Å². The highest BCUT2D eigenvalue weighted by molar-refractivity contribution is 6.30. The van der Waals surface area contributed by atoms with Crippen LogP contribution in [0.25, 0.3) is 11.3 Å². The van der Waals surface area contributed by atoms with Gasteiger partial charge in [0, 0.05) is 47.4 Å². The number of hydrogen-bond acceptors (Lipinski definition) is 5. The average molecular weight is 454 g/mol. The molecule has 1 fully saturated rings. The average Bonchev–Trinajstić information content (AvgIpc) is 3.27. The van der Waals surface area contributed by atoms with Gasteiger partial charge in [-0.1, -0.05) is 22.8 Å². The lowest BCUT2D eigenvalue weighted by molar-refractivity contribution is -0.121. The molecule has 1 aliphatic rings. The second-order valence-electron chi connectivity index (χ2n) is 7.64. The van der Waals surface area contributed by atoms with Gasteiger partial charge in [-0.2, -0.15) is 0 Å². The van der Waals surface area contributed by atoms with Gasteiger partial charge in [0.05, 0.1) is 0 Å². The van der Waals surface area contributed by atoms with Gasteiger partial charge in [-0.25, -0.2) is 0 Å². The molecule has 0 unspecified atom stereocenters. The first-order valence-corrected chi connectivity index (χ1v) is 10.7. The summed E-state index contributed by atoms with van der Waals surface area (Å²) in [4.78, 5) is 14.4. The van der Waals surface area contributed by atoms with Gasteiger partial charge in [0.1, 0.15) is 18.1 Å². The van der Waals surface area contributed by atoms with Crippen LogP contribution in [0.4, 0.5) is 5.69 Å². The molecule has 1 aliphatic heterocycles. The van der Waals surface area contributed by atoms with Gasteiger partial charge in [-0.15, -0.1) is 0 Å². The van der Waals surface area contributed by atoms with Gasteiger partial charge in [-0.05, 0) is 49.2 Å². The van der Waals surface area contributed by atoms with Crippen LogP contribution in [0.1, 0.15) is 18.5 Å². The molecular weight excluding hydrogens is 430 g/mol. The maximum Gasteiger partial charge on any atom is 0.227 e. The molecule has 0 bridgehead atoms. The van der Waals surface area contributed by atoms with E-state index in [1.54, 1.807) is 23.1 Å². The molecule has 4 rings (SSSR count). The summed E-state index contributed by atoms with van der Waals surface area (Å²) in [5, 5.41) is 15.2. The lowest BCUT2D eigenvalue weighted by Gasteiger charge is -2.31. The Morgan fingerprint density at radius 2 is 1.97 bits per heavy atom. The Morgan fingerprint density at radius 1 is 1.22 bits per heavy atom. The number of halogens is 1. The molecule has 1 amide bonds. The van der Waals surface area contributed by atoms with Crippen LogP contribution in [0.15, 0.2) is 59.1 Å². The summed E-state index contributed by atoms with van der Waals surface area (Å²) >= 11 is 5.92. The maximum absolute atomic E-state index is 12.6. The lowest BCUT2D eigenvalue weighted by Crippen LogP contribution is -2.44. The number of piperidine rings is 1. The van der Waals surface area contributed by atoms with E-state index in [9.17, 15) is 4.79 Å². The van der Waals surface area contributed by atoms with Crippen LogP contribution in [-0.2, 0) is 11.4 Å². The Kier molecular flexibility index (Phi) is 6.61. The van der Waals surface area contributed by atoms with Crippen molar-refractivity contribution in [2.45, 2.75) is 19.4 Å². The second-order valence-corrected chi connectivity index (χ2v) is 8.08. The van der Waals surface area contributed by atoms with Crippen LogP contribution in [0, 0.1) is 11.3 Å². The minimum absolute atomic E-state index is 0.0329. The molecule has 3 aromatic rings. The number of nitrogens with zero attached hydrogens (tertiary/aromatic N) is 2. The Hall–Kier alpha value is -3.52. The van der Waals surface area contributed by atoms with Gasteiger partial charge in [0.25, 0.3) is 0 Å². The van der Waals surface area contributed by atoms with Crippen LogP contribution < -0.4 is 15.8 Å². The maximum atomic E-state index is 12.6. The van der Waals surface area contributed by atoms with Crippen molar-refractivity contribution in [1.29, 1.82) is 5.41 Å². The highest BCUT2D eigenvalue weighted by Crippen LogP contribution is 2.25. The summed E-state index contributed by atoms with van der Waals surface area (Å²) < 4.78 is 11.2. The summed E-state index contributed by atoms with van der Waals surface area (Å²) in [7, 11) is 0. The predicted molar refractivity (Wildman–Crippen MR) is 123 cm³/mol. The lowest BCUT2D eigenvalue weighted by atomic mass is 9.96. The van der Waals surface area contributed by atoms with Crippen LogP contribution in [0.5, 0.6) is 5.75 Å². The van der Waals surface area contributed by atoms with Gasteiger partial charge in [0.15, 0.2) is 11.7 Å². The SMILES string of the molecule is N=C(N)N1CCC(C(=O)Nc2cccc(OCc3cc(-c4ccc(Cl)cc4)on3)c2)CC1. The van der Waals surface area contributed by atoms with Crippen LogP contribution >= 0.6 is 11.6 Å².